The largest absolute Gasteiger partial charge is 0.494 e. The van der Waals surface area contributed by atoms with Crippen LogP contribution in [-0.4, -0.2) is 64.8 Å². The summed E-state index contributed by atoms with van der Waals surface area (Å²) in [6.45, 7) is 0. The number of nitrogen functional groups attached to an aromatic ring is 2. The first-order valence-electron chi connectivity index (χ1n) is 14.9. The molecule has 5 N–H and O–H groups in total. The molecule has 0 radical (unpaired) electrons. The van der Waals surface area contributed by atoms with E-state index >= 15 is 0 Å². The Morgan fingerprint density at radius 3 is 2.41 bits per heavy atom. The molecule has 2 atom stereocenters. The Balaban J connectivity index is 1.13. The minimum atomic E-state index is -0.441. The van der Waals surface area contributed by atoms with E-state index in [2.05, 4.69) is 25.3 Å². The van der Waals surface area contributed by atoms with E-state index in [0.29, 0.717) is 28.6 Å². The van der Waals surface area contributed by atoms with E-state index in [0.717, 1.165) is 60.9 Å². The lowest BCUT2D eigenvalue weighted by molar-refractivity contribution is 0.0557. The minimum Gasteiger partial charge on any atom is -0.494 e. The van der Waals surface area contributed by atoms with Gasteiger partial charge < -0.3 is 21.1 Å². The Morgan fingerprint density at radius 1 is 1.00 bits per heavy atom. The van der Waals surface area contributed by atoms with Crippen molar-refractivity contribution >= 4 is 23.3 Å². The van der Waals surface area contributed by atoms with Gasteiger partial charge in [0, 0.05) is 46.5 Å². The molecular formula is C31H31FN10O2. The van der Waals surface area contributed by atoms with Crippen LogP contribution in [0.2, 0.25) is 0 Å². The van der Waals surface area contributed by atoms with E-state index in [-0.39, 0.29) is 41.4 Å². The maximum atomic E-state index is 14.3. The fourth-order valence-electron chi connectivity index (χ4n) is 7.12. The zero-order valence-corrected chi connectivity index (χ0v) is 24.1. The third-order valence-electron chi connectivity index (χ3n) is 9.32. The number of piperidine rings is 1. The number of nitrogens with two attached hydrogens (primary N) is 2. The van der Waals surface area contributed by atoms with E-state index in [1.54, 1.807) is 29.0 Å². The summed E-state index contributed by atoms with van der Waals surface area (Å²) < 4.78 is 21.1. The van der Waals surface area contributed by atoms with E-state index in [1.807, 2.05) is 17.0 Å². The van der Waals surface area contributed by atoms with Crippen molar-refractivity contribution < 1.29 is 13.9 Å². The monoisotopic (exact) mass is 594 g/mol. The molecule has 44 heavy (non-hydrogen) atoms. The van der Waals surface area contributed by atoms with Crippen LogP contribution >= 0.6 is 0 Å². The lowest BCUT2D eigenvalue weighted by Gasteiger charge is -2.39. The number of rotatable bonds is 6. The number of hydrogen-bond donors (Lipinski definition) is 3. The van der Waals surface area contributed by atoms with Gasteiger partial charge in [-0.1, -0.05) is 6.07 Å². The zero-order valence-electron chi connectivity index (χ0n) is 24.1. The Morgan fingerprint density at radius 2 is 1.77 bits per heavy atom. The summed E-state index contributed by atoms with van der Waals surface area (Å²) in [5, 5.41) is 11.1. The molecule has 3 fully saturated rings. The Hall–Kier alpha value is -5.07. The fraction of sp³-hybridized carbons (Fsp3) is 0.355. The topological polar surface area (TPSA) is 166 Å². The number of carbonyl (C=O) groups is 1. The lowest BCUT2D eigenvalue weighted by atomic mass is 9.85. The second-order valence-electron chi connectivity index (χ2n) is 12.0. The Bertz CT molecular complexity index is 1900. The maximum absolute atomic E-state index is 14.3. The molecular weight excluding hydrogens is 563 g/mol. The van der Waals surface area contributed by atoms with Gasteiger partial charge in [0.1, 0.15) is 5.82 Å². The highest BCUT2D eigenvalue weighted by atomic mass is 19.1. The molecule has 6 heterocycles. The van der Waals surface area contributed by atoms with Gasteiger partial charge in [0.05, 0.1) is 24.7 Å². The predicted octanol–water partition coefficient (Wildman–Crippen LogP) is 4.32. The Labute approximate surface area is 251 Å². The van der Waals surface area contributed by atoms with Crippen LogP contribution < -0.4 is 16.2 Å². The van der Waals surface area contributed by atoms with Crippen LogP contribution in [0.4, 0.5) is 16.2 Å². The van der Waals surface area contributed by atoms with Gasteiger partial charge in [-0.05, 0) is 68.7 Å². The molecule has 8 rings (SSSR count). The molecule has 2 bridgehead atoms. The number of methoxy groups -OCH3 is 1. The SMILES string of the molecule is COc1ccc(-c2ccc(-c3cnn4c(N)c(C5CC5)c(C5CC6CCC(C5)N6C(=O)c5nc(N)n[nH]5)nc34)cn2)cc1F. The van der Waals surface area contributed by atoms with Gasteiger partial charge in [-0.15, -0.1) is 5.10 Å². The molecule has 12 nitrogen and oxygen atoms in total. The Kier molecular flexibility index (Phi) is 6.03. The molecule has 13 heteroatoms. The third kappa shape index (κ3) is 4.25. The number of nitrogens with zero attached hydrogens (tertiary/aromatic N) is 7. The maximum Gasteiger partial charge on any atom is 0.291 e. The van der Waals surface area contributed by atoms with Gasteiger partial charge in [0.2, 0.25) is 11.8 Å². The summed E-state index contributed by atoms with van der Waals surface area (Å²) >= 11 is 0. The van der Waals surface area contributed by atoms with Crippen molar-refractivity contribution in [3.05, 3.63) is 65.6 Å². The number of hydrogen-bond acceptors (Lipinski definition) is 9. The van der Waals surface area contributed by atoms with Crippen LogP contribution in [0.1, 0.15) is 72.2 Å². The molecule has 2 aliphatic heterocycles. The van der Waals surface area contributed by atoms with Gasteiger partial charge >= 0.3 is 0 Å². The number of halogens is 1. The molecule has 224 valence electrons. The number of aromatic nitrogens is 7. The van der Waals surface area contributed by atoms with Gasteiger partial charge in [0.15, 0.2) is 17.2 Å². The molecule has 5 aromatic rings. The normalized spacial score (nSPS) is 21.2. The van der Waals surface area contributed by atoms with E-state index in [9.17, 15) is 9.18 Å². The summed E-state index contributed by atoms with van der Waals surface area (Å²) in [5.74, 6) is 0.990. The molecule has 0 spiro atoms. The van der Waals surface area contributed by atoms with Crippen LogP contribution in [0.5, 0.6) is 5.75 Å². The predicted molar refractivity (Wildman–Crippen MR) is 160 cm³/mol. The highest BCUT2D eigenvalue weighted by molar-refractivity contribution is 5.91. The average Bonchev–Trinajstić information content (AvgIpc) is 3.52. The number of carbonyl (C=O) groups excluding carboxylic acids is 1. The second-order valence-corrected chi connectivity index (χ2v) is 12.0. The molecule has 1 aromatic carbocycles. The first-order chi connectivity index (χ1) is 21.4. The smallest absolute Gasteiger partial charge is 0.291 e. The number of pyridine rings is 1. The second kappa shape index (κ2) is 10.00. The first-order valence-corrected chi connectivity index (χ1v) is 14.9. The van der Waals surface area contributed by atoms with Crippen LogP contribution in [0.25, 0.3) is 28.0 Å². The number of amides is 1. The molecule has 1 amide bonds. The number of anilines is 2. The number of fused-ring (bicyclic) bond motifs is 3. The standard InChI is InChI=1S/C31H31FN10O2/c1-44-24-9-5-16(12-22(24)32)23-8-4-17(13-35-23)21-14-36-42-27(33)25(15-2-3-15)26(37-29(21)42)18-10-19-6-7-20(11-18)41(19)30(43)28-38-31(34)40-39-28/h4-5,8-9,12-15,18-20H,2-3,6-7,10-11,33H2,1H3,(H3,34,38,39,40). The molecule has 3 aliphatic rings. The molecule has 2 unspecified atom stereocenters. The summed E-state index contributed by atoms with van der Waals surface area (Å²) in [4.78, 5) is 29.2. The van der Waals surface area contributed by atoms with E-state index < -0.39 is 5.82 Å². The van der Waals surface area contributed by atoms with E-state index in [1.165, 1.54) is 13.2 Å². The van der Waals surface area contributed by atoms with Crippen LogP contribution in [-0.2, 0) is 0 Å². The lowest BCUT2D eigenvalue weighted by Crippen LogP contribution is -2.46. The van der Waals surface area contributed by atoms with Crippen molar-refractivity contribution in [2.45, 2.75) is 62.4 Å². The molecule has 1 aliphatic carbocycles. The van der Waals surface area contributed by atoms with Crippen molar-refractivity contribution in [3.8, 4) is 28.1 Å². The highest BCUT2D eigenvalue weighted by Gasteiger charge is 2.46. The fourth-order valence-corrected chi connectivity index (χ4v) is 7.12. The van der Waals surface area contributed by atoms with Gasteiger partial charge in [0.25, 0.3) is 5.91 Å². The third-order valence-corrected chi connectivity index (χ3v) is 9.32. The summed E-state index contributed by atoms with van der Waals surface area (Å²) in [6, 6.07) is 8.73. The van der Waals surface area contributed by atoms with Crippen molar-refractivity contribution in [2.24, 2.45) is 0 Å². The van der Waals surface area contributed by atoms with Gasteiger partial charge in [-0.2, -0.15) is 14.6 Å². The van der Waals surface area contributed by atoms with Crippen LogP contribution in [0, 0.1) is 5.82 Å². The molecule has 2 saturated heterocycles. The van der Waals surface area contributed by atoms with Gasteiger partial charge in [-0.25, -0.2) is 9.37 Å². The summed E-state index contributed by atoms with van der Waals surface area (Å²) in [7, 11) is 1.44. The van der Waals surface area contributed by atoms with Crippen molar-refractivity contribution in [2.75, 3.05) is 18.6 Å². The average molecular weight is 595 g/mol. The summed E-state index contributed by atoms with van der Waals surface area (Å²) in [6.07, 6.45) is 9.14. The van der Waals surface area contributed by atoms with Crippen LogP contribution in [0.3, 0.4) is 0 Å². The van der Waals surface area contributed by atoms with Crippen LogP contribution in [0.15, 0.2) is 42.7 Å². The number of nitrogens with one attached hydrogen (secondary N) is 1. The number of ether oxygens (including phenoxy) is 1. The van der Waals surface area contributed by atoms with Gasteiger partial charge in [-0.3, -0.25) is 14.9 Å². The van der Waals surface area contributed by atoms with Crippen molar-refractivity contribution in [3.63, 3.8) is 0 Å². The van der Waals surface area contributed by atoms with E-state index in [4.69, 9.17) is 21.2 Å². The van der Waals surface area contributed by atoms with Crippen molar-refractivity contribution in [1.82, 2.24) is 39.7 Å². The summed E-state index contributed by atoms with van der Waals surface area (Å²) in [5.41, 5.74) is 18.2. The number of H-pyrrole nitrogens is 1. The van der Waals surface area contributed by atoms with Crippen molar-refractivity contribution in [1.29, 1.82) is 0 Å². The highest BCUT2D eigenvalue weighted by Crippen LogP contribution is 2.50. The minimum absolute atomic E-state index is 0.0636. The molecule has 4 aromatic heterocycles. The quantitative estimate of drug-likeness (QED) is 0.259. The number of aromatic amines is 1. The number of benzene rings is 1. The molecule has 1 saturated carbocycles. The first kappa shape index (κ1) is 26.5. The zero-order chi connectivity index (χ0) is 30.1.